The maximum absolute atomic E-state index is 14.7. The minimum absolute atomic E-state index is 0.0971. The summed E-state index contributed by atoms with van der Waals surface area (Å²) in [5, 5.41) is 0. The van der Waals surface area contributed by atoms with Gasteiger partial charge in [0.1, 0.15) is 5.82 Å². The largest absolute Gasteiger partial charge is 0.328 e. The SMILES string of the molecule is CN(I)c1ccc(-c2ccc(CN3Cc4ncccc4C3=O)c(F)c2)cc1. The minimum atomic E-state index is -0.306. The summed E-state index contributed by atoms with van der Waals surface area (Å²) in [6, 6.07) is 16.7. The number of carbonyl (C=O) groups is 1. The number of benzene rings is 2. The van der Waals surface area contributed by atoms with Crippen LogP contribution < -0.4 is 3.11 Å². The molecule has 27 heavy (non-hydrogen) atoms. The average molecular weight is 473 g/mol. The van der Waals surface area contributed by atoms with Gasteiger partial charge in [-0.15, -0.1) is 0 Å². The second-order valence-electron chi connectivity index (χ2n) is 6.49. The van der Waals surface area contributed by atoms with E-state index in [1.54, 1.807) is 29.3 Å². The van der Waals surface area contributed by atoms with Crippen molar-refractivity contribution in [1.82, 2.24) is 9.88 Å². The Kier molecular flexibility index (Phi) is 4.82. The van der Waals surface area contributed by atoms with Gasteiger partial charge in [0.15, 0.2) is 0 Å². The molecule has 0 bridgehead atoms. The molecule has 0 saturated carbocycles. The first-order chi connectivity index (χ1) is 13.0. The highest BCUT2D eigenvalue weighted by Crippen LogP contribution is 2.27. The molecule has 1 amide bonds. The van der Waals surface area contributed by atoms with Gasteiger partial charge in [0.05, 0.1) is 40.7 Å². The van der Waals surface area contributed by atoms with Crippen LogP contribution in [-0.4, -0.2) is 22.8 Å². The van der Waals surface area contributed by atoms with Crippen LogP contribution in [0.25, 0.3) is 11.1 Å². The molecule has 0 unspecified atom stereocenters. The van der Waals surface area contributed by atoms with Gasteiger partial charge in [0.25, 0.3) is 5.91 Å². The van der Waals surface area contributed by atoms with Crippen molar-refractivity contribution >= 4 is 34.5 Å². The van der Waals surface area contributed by atoms with E-state index in [-0.39, 0.29) is 18.3 Å². The summed E-state index contributed by atoms with van der Waals surface area (Å²) in [4.78, 5) is 18.3. The fourth-order valence-corrected chi connectivity index (χ4v) is 3.55. The van der Waals surface area contributed by atoms with Crippen molar-refractivity contribution in [3.63, 3.8) is 0 Å². The quantitative estimate of drug-likeness (QED) is 0.403. The summed E-state index contributed by atoms with van der Waals surface area (Å²) in [5.74, 6) is -0.403. The Morgan fingerprint density at radius 3 is 2.56 bits per heavy atom. The smallest absolute Gasteiger partial charge is 0.256 e. The van der Waals surface area contributed by atoms with Crippen molar-refractivity contribution in [2.75, 3.05) is 10.2 Å². The Hall–Kier alpha value is -2.48. The number of hydrogen-bond donors (Lipinski definition) is 0. The first-order valence-electron chi connectivity index (χ1n) is 8.54. The molecule has 1 aliphatic rings. The zero-order chi connectivity index (χ0) is 19.0. The molecule has 0 aliphatic carbocycles. The molecule has 0 fully saturated rings. The molecule has 2 heterocycles. The third-order valence-corrected chi connectivity index (χ3v) is 5.28. The van der Waals surface area contributed by atoms with E-state index >= 15 is 0 Å². The van der Waals surface area contributed by atoms with E-state index in [0.29, 0.717) is 17.7 Å². The van der Waals surface area contributed by atoms with E-state index in [1.807, 2.05) is 40.5 Å². The Balaban J connectivity index is 1.54. The van der Waals surface area contributed by atoms with E-state index in [9.17, 15) is 9.18 Å². The molecule has 4 rings (SSSR count). The maximum atomic E-state index is 14.7. The van der Waals surface area contributed by atoms with Gasteiger partial charge in [0.2, 0.25) is 0 Å². The molecule has 0 radical (unpaired) electrons. The van der Waals surface area contributed by atoms with Crippen LogP contribution in [0.2, 0.25) is 0 Å². The normalized spacial score (nSPS) is 13.0. The molecule has 6 heteroatoms. The number of halogens is 2. The van der Waals surface area contributed by atoms with Gasteiger partial charge in [0, 0.05) is 31.0 Å². The van der Waals surface area contributed by atoms with Crippen LogP contribution in [-0.2, 0) is 13.1 Å². The molecule has 0 spiro atoms. The molecule has 0 N–H and O–H groups in total. The van der Waals surface area contributed by atoms with Crippen LogP contribution in [0.1, 0.15) is 21.6 Å². The molecule has 1 aromatic heterocycles. The lowest BCUT2D eigenvalue weighted by molar-refractivity contribution is 0.0765. The van der Waals surface area contributed by atoms with Gasteiger partial charge in [-0.25, -0.2) is 4.39 Å². The van der Waals surface area contributed by atoms with Gasteiger partial charge >= 0.3 is 0 Å². The van der Waals surface area contributed by atoms with Crippen LogP contribution in [0, 0.1) is 5.82 Å². The summed E-state index contributed by atoms with van der Waals surface area (Å²) in [6.07, 6.45) is 1.67. The van der Waals surface area contributed by atoms with Crippen LogP contribution in [0.4, 0.5) is 10.1 Å². The Bertz CT molecular complexity index is 1000. The number of aromatic nitrogens is 1. The fraction of sp³-hybridized carbons (Fsp3) is 0.143. The van der Waals surface area contributed by atoms with Gasteiger partial charge in [-0.3, -0.25) is 9.78 Å². The average Bonchev–Trinajstić information content (AvgIpc) is 2.99. The van der Waals surface area contributed by atoms with E-state index in [4.69, 9.17) is 0 Å². The summed E-state index contributed by atoms with van der Waals surface area (Å²) in [5.41, 5.74) is 4.71. The number of carbonyl (C=O) groups excluding carboxylic acids is 1. The predicted molar refractivity (Wildman–Crippen MR) is 112 cm³/mol. The minimum Gasteiger partial charge on any atom is -0.328 e. The number of nitrogens with zero attached hydrogens (tertiary/aromatic N) is 3. The third kappa shape index (κ3) is 3.53. The summed E-state index contributed by atoms with van der Waals surface area (Å²) < 4.78 is 16.7. The first-order valence-corrected chi connectivity index (χ1v) is 9.51. The number of pyridine rings is 1. The summed E-state index contributed by atoms with van der Waals surface area (Å²) in [7, 11) is 1.97. The highest BCUT2D eigenvalue weighted by molar-refractivity contribution is 14.1. The lowest BCUT2D eigenvalue weighted by Gasteiger charge is -2.16. The predicted octanol–water partition coefficient (Wildman–Crippen LogP) is 4.83. The topological polar surface area (TPSA) is 36.4 Å². The molecule has 3 aromatic rings. The lowest BCUT2D eigenvalue weighted by atomic mass is 10.0. The molecule has 2 aromatic carbocycles. The third-order valence-electron chi connectivity index (χ3n) is 4.72. The van der Waals surface area contributed by atoms with Crippen molar-refractivity contribution in [3.05, 3.63) is 83.4 Å². The number of hydrogen-bond acceptors (Lipinski definition) is 3. The van der Waals surface area contributed by atoms with Gasteiger partial charge in [-0.2, -0.15) is 0 Å². The van der Waals surface area contributed by atoms with Gasteiger partial charge in [-0.05, 0) is 41.5 Å². The number of rotatable bonds is 4. The molecule has 1 aliphatic heterocycles. The summed E-state index contributed by atoms with van der Waals surface area (Å²) >= 11 is 2.21. The number of amides is 1. The van der Waals surface area contributed by atoms with Crippen LogP contribution in [0.5, 0.6) is 0 Å². The van der Waals surface area contributed by atoms with Crippen molar-refractivity contribution < 1.29 is 9.18 Å². The highest BCUT2D eigenvalue weighted by Gasteiger charge is 2.28. The Morgan fingerprint density at radius 2 is 1.89 bits per heavy atom. The van der Waals surface area contributed by atoms with E-state index < -0.39 is 0 Å². The number of anilines is 1. The maximum Gasteiger partial charge on any atom is 0.256 e. The van der Waals surface area contributed by atoms with Crippen molar-refractivity contribution in [2.45, 2.75) is 13.1 Å². The second-order valence-corrected chi connectivity index (χ2v) is 7.94. The zero-order valence-corrected chi connectivity index (χ0v) is 16.9. The molecular formula is C21H17FIN3O. The van der Waals surface area contributed by atoms with E-state index in [0.717, 1.165) is 22.5 Å². The molecular weight excluding hydrogens is 456 g/mol. The molecule has 136 valence electrons. The number of fused-ring (bicyclic) bond motifs is 1. The molecule has 0 saturated heterocycles. The van der Waals surface area contributed by atoms with Gasteiger partial charge < -0.3 is 8.01 Å². The van der Waals surface area contributed by atoms with Crippen molar-refractivity contribution in [1.29, 1.82) is 0 Å². The zero-order valence-electron chi connectivity index (χ0n) is 14.7. The van der Waals surface area contributed by atoms with Crippen molar-refractivity contribution in [3.8, 4) is 11.1 Å². The van der Waals surface area contributed by atoms with Gasteiger partial charge in [-0.1, -0.05) is 24.3 Å². The van der Waals surface area contributed by atoms with Crippen molar-refractivity contribution in [2.24, 2.45) is 0 Å². The molecule has 4 nitrogen and oxygen atoms in total. The Morgan fingerprint density at radius 1 is 1.15 bits per heavy atom. The van der Waals surface area contributed by atoms with E-state index in [1.165, 1.54) is 6.07 Å². The van der Waals surface area contributed by atoms with Crippen LogP contribution in [0.15, 0.2) is 60.8 Å². The van der Waals surface area contributed by atoms with Crippen LogP contribution >= 0.6 is 22.9 Å². The lowest BCUT2D eigenvalue weighted by Crippen LogP contribution is -2.23. The highest BCUT2D eigenvalue weighted by atomic mass is 127. The summed E-state index contributed by atoms with van der Waals surface area (Å²) in [6.45, 7) is 0.654. The van der Waals surface area contributed by atoms with E-state index in [2.05, 4.69) is 27.8 Å². The monoisotopic (exact) mass is 473 g/mol. The van der Waals surface area contributed by atoms with Crippen LogP contribution in [0.3, 0.4) is 0 Å². The fourth-order valence-electron chi connectivity index (χ4n) is 3.23. The standard InChI is InChI=1S/C21H17FIN3O/c1-25(23)17-8-6-14(7-9-17)15-4-5-16(19(22)11-15)12-26-13-20-18(21(26)27)3-2-10-24-20/h2-11H,12-13H2,1H3. The first kappa shape index (κ1) is 17.9. The Labute approximate surface area is 171 Å². The molecule has 0 atom stereocenters. The second kappa shape index (κ2) is 7.26.